The summed E-state index contributed by atoms with van der Waals surface area (Å²) in [6.07, 6.45) is 5.80. The monoisotopic (exact) mass is 519 g/mol. The fraction of sp³-hybridized carbons (Fsp3) is 0.156. The van der Waals surface area contributed by atoms with Crippen molar-refractivity contribution < 1.29 is 28.5 Å². The van der Waals surface area contributed by atoms with Gasteiger partial charge in [0.2, 0.25) is 5.78 Å². The Balaban J connectivity index is 1.31. The molecule has 194 valence electrons. The molecule has 0 bridgehead atoms. The van der Waals surface area contributed by atoms with Crippen LogP contribution in [0.4, 0.5) is 0 Å². The number of nitrogens with zero attached hydrogens (tertiary/aromatic N) is 1. The summed E-state index contributed by atoms with van der Waals surface area (Å²) in [5.74, 6) is 1.50. The maximum atomic E-state index is 13.2. The van der Waals surface area contributed by atoms with Gasteiger partial charge in [0.05, 0.1) is 25.7 Å². The Bertz CT molecular complexity index is 1580. The van der Waals surface area contributed by atoms with Gasteiger partial charge >= 0.3 is 5.97 Å². The van der Waals surface area contributed by atoms with E-state index < -0.39 is 5.92 Å². The lowest BCUT2D eigenvalue weighted by molar-refractivity contribution is -0.135. The van der Waals surface area contributed by atoms with Crippen LogP contribution in [0.25, 0.3) is 6.08 Å². The molecule has 4 aromatic rings. The molecule has 0 saturated heterocycles. The van der Waals surface area contributed by atoms with Crippen molar-refractivity contribution in [1.29, 1.82) is 0 Å². The van der Waals surface area contributed by atoms with Crippen molar-refractivity contribution in [2.45, 2.75) is 18.8 Å². The van der Waals surface area contributed by atoms with Crippen molar-refractivity contribution in [3.05, 3.63) is 119 Å². The van der Waals surface area contributed by atoms with Crippen LogP contribution in [0.1, 0.15) is 45.0 Å². The first kappa shape index (κ1) is 24.4. The van der Waals surface area contributed by atoms with E-state index in [0.717, 1.165) is 22.4 Å². The average molecular weight is 520 g/mol. The van der Waals surface area contributed by atoms with Crippen molar-refractivity contribution in [1.82, 2.24) is 4.98 Å². The topological polar surface area (TPSA) is 84.0 Å². The molecular weight excluding hydrogens is 494 g/mol. The third-order valence-electron chi connectivity index (χ3n) is 6.86. The largest absolute Gasteiger partial charge is 0.497 e. The van der Waals surface area contributed by atoms with E-state index in [1.165, 1.54) is 0 Å². The molecule has 7 nitrogen and oxygen atoms in total. The summed E-state index contributed by atoms with van der Waals surface area (Å²) in [6.45, 7) is 0.452. The number of rotatable bonds is 7. The molecule has 2 aliphatic heterocycles. The zero-order valence-corrected chi connectivity index (χ0v) is 21.3. The second-order valence-electron chi connectivity index (χ2n) is 9.30. The number of benzene rings is 3. The van der Waals surface area contributed by atoms with Crippen LogP contribution in [0.15, 0.2) is 90.9 Å². The fourth-order valence-electron chi connectivity index (χ4n) is 4.96. The van der Waals surface area contributed by atoms with Gasteiger partial charge in [0, 0.05) is 35.9 Å². The number of allylic oxidation sites excluding steroid dienone is 1. The van der Waals surface area contributed by atoms with Crippen LogP contribution in [-0.4, -0.2) is 30.5 Å². The molecule has 1 aromatic heterocycles. The molecule has 6 rings (SSSR count). The zero-order valence-electron chi connectivity index (χ0n) is 21.3. The Morgan fingerprint density at radius 3 is 2.62 bits per heavy atom. The van der Waals surface area contributed by atoms with Gasteiger partial charge in [0.1, 0.15) is 23.0 Å². The van der Waals surface area contributed by atoms with Crippen LogP contribution in [0, 0.1) is 0 Å². The molecule has 3 aromatic carbocycles. The molecule has 0 aliphatic carbocycles. The molecule has 0 spiro atoms. The highest BCUT2D eigenvalue weighted by molar-refractivity contribution is 6.15. The van der Waals surface area contributed by atoms with E-state index in [1.54, 1.807) is 43.8 Å². The first-order valence-electron chi connectivity index (χ1n) is 12.7. The van der Waals surface area contributed by atoms with Crippen molar-refractivity contribution in [2.75, 3.05) is 13.7 Å². The van der Waals surface area contributed by atoms with Gasteiger partial charge in [0.15, 0.2) is 5.76 Å². The quantitative estimate of drug-likeness (QED) is 0.174. The maximum absolute atomic E-state index is 13.2. The lowest BCUT2D eigenvalue weighted by Gasteiger charge is -2.27. The first-order valence-corrected chi connectivity index (χ1v) is 12.7. The predicted octanol–water partition coefficient (Wildman–Crippen LogP) is 5.77. The molecule has 7 heteroatoms. The van der Waals surface area contributed by atoms with Gasteiger partial charge in [-0.1, -0.05) is 36.4 Å². The van der Waals surface area contributed by atoms with Crippen LogP contribution in [0.3, 0.4) is 0 Å². The second-order valence-corrected chi connectivity index (χ2v) is 9.30. The lowest BCUT2D eigenvalue weighted by Crippen LogP contribution is -2.22. The number of para-hydroxylation sites is 1. The summed E-state index contributed by atoms with van der Waals surface area (Å²) in [5.41, 5.74) is 3.81. The summed E-state index contributed by atoms with van der Waals surface area (Å²) in [4.78, 5) is 30.0. The highest BCUT2D eigenvalue weighted by Crippen LogP contribution is 2.50. The number of hydrogen-bond donors (Lipinski definition) is 0. The Morgan fingerprint density at radius 1 is 0.974 bits per heavy atom. The normalized spacial score (nSPS) is 16.7. The first-order chi connectivity index (χ1) is 19.1. The van der Waals surface area contributed by atoms with E-state index in [9.17, 15) is 9.59 Å². The van der Waals surface area contributed by atoms with Crippen molar-refractivity contribution in [3.8, 4) is 23.0 Å². The number of pyridine rings is 1. The molecule has 0 N–H and O–H groups in total. The van der Waals surface area contributed by atoms with Gasteiger partial charge in [0.25, 0.3) is 0 Å². The summed E-state index contributed by atoms with van der Waals surface area (Å²) < 4.78 is 23.2. The number of aromatic nitrogens is 1. The Kier molecular flexibility index (Phi) is 6.55. The van der Waals surface area contributed by atoms with Crippen LogP contribution >= 0.6 is 0 Å². The van der Waals surface area contributed by atoms with E-state index in [1.807, 2.05) is 54.6 Å². The minimum Gasteiger partial charge on any atom is -0.497 e. The highest BCUT2D eigenvalue weighted by atomic mass is 16.5. The molecule has 3 heterocycles. The van der Waals surface area contributed by atoms with Gasteiger partial charge in [-0.25, -0.2) is 0 Å². The SMILES string of the molecule is COc1ccc(CCOc2ccccc2C2CC(=O)Oc3ccc4c(c32)O/C(=C\c2cccnc2)C4=O)cc1. The van der Waals surface area contributed by atoms with E-state index in [2.05, 4.69) is 4.98 Å². The van der Waals surface area contributed by atoms with E-state index in [0.29, 0.717) is 41.4 Å². The van der Waals surface area contributed by atoms with Gasteiger partial charge < -0.3 is 18.9 Å². The van der Waals surface area contributed by atoms with Crippen LogP contribution in [0.5, 0.6) is 23.0 Å². The molecule has 0 radical (unpaired) electrons. The van der Waals surface area contributed by atoms with Gasteiger partial charge in [-0.2, -0.15) is 0 Å². The molecule has 1 unspecified atom stereocenters. The molecule has 2 aliphatic rings. The summed E-state index contributed by atoms with van der Waals surface area (Å²) >= 11 is 0. The third-order valence-corrected chi connectivity index (χ3v) is 6.86. The minimum atomic E-state index is -0.404. The summed E-state index contributed by atoms with van der Waals surface area (Å²) in [6, 6.07) is 22.5. The van der Waals surface area contributed by atoms with Crippen molar-refractivity contribution in [3.63, 3.8) is 0 Å². The van der Waals surface area contributed by atoms with Crippen molar-refractivity contribution >= 4 is 17.8 Å². The number of fused-ring (bicyclic) bond motifs is 3. The fourth-order valence-corrected chi connectivity index (χ4v) is 4.96. The number of Topliss-reactive ketones (excluding diaryl/α,β-unsaturated/α-hetero) is 1. The molecule has 0 amide bonds. The number of carbonyl (C=O) groups is 2. The predicted molar refractivity (Wildman–Crippen MR) is 144 cm³/mol. The number of carbonyl (C=O) groups excluding carboxylic acids is 2. The van der Waals surface area contributed by atoms with Crippen LogP contribution < -0.4 is 18.9 Å². The van der Waals surface area contributed by atoms with E-state index >= 15 is 0 Å². The number of ketones is 1. The average Bonchev–Trinajstić information content (AvgIpc) is 3.28. The smallest absolute Gasteiger partial charge is 0.312 e. The van der Waals surface area contributed by atoms with Crippen molar-refractivity contribution in [2.24, 2.45) is 0 Å². The van der Waals surface area contributed by atoms with E-state index in [-0.39, 0.29) is 23.9 Å². The zero-order chi connectivity index (χ0) is 26.8. The lowest BCUT2D eigenvalue weighted by atomic mass is 9.84. The standard InChI is InChI=1S/C32H25NO6/c1-36-22-10-8-20(9-11-22)14-16-37-26-7-3-2-6-23(26)25-18-29(34)38-27-13-12-24-31(35)28(39-32(24)30(25)27)17-21-5-4-15-33-19-21/h2-13,15,17,19,25H,14,16,18H2,1H3/b28-17-. The Morgan fingerprint density at radius 2 is 1.82 bits per heavy atom. The van der Waals surface area contributed by atoms with Gasteiger partial charge in [-0.05, 0) is 53.6 Å². The second kappa shape index (κ2) is 10.5. The minimum absolute atomic E-state index is 0.0987. The molecule has 39 heavy (non-hydrogen) atoms. The highest BCUT2D eigenvalue weighted by Gasteiger charge is 2.39. The Hall–Kier alpha value is -4.91. The maximum Gasteiger partial charge on any atom is 0.312 e. The molecule has 0 fully saturated rings. The number of hydrogen-bond acceptors (Lipinski definition) is 7. The van der Waals surface area contributed by atoms with Crippen LogP contribution in [0.2, 0.25) is 0 Å². The molecule has 1 atom stereocenters. The van der Waals surface area contributed by atoms with E-state index in [4.69, 9.17) is 18.9 Å². The molecule has 0 saturated carbocycles. The number of ether oxygens (including phenoxy) is 4. The number of esters is 1. The van der Waals surface area contributed by atoms with Gasteiger partial charge in [-0.15, -0.1) is 0 Å². The Labute approximate surface area is 225 Å². The summed E-state index contributed by atoms with van der Waals surface area (Å²) in [7, 11) is 1.64. The van der Waals surface area contributed by atoms with Gasteiger partial charge in [-0.3, -0.25) is 14.6 Å². The van der Waals surface area contributed by atoms with Crippen LogP contribution in [-0.2, 0) is 11.2 Å². The molecular formula is C32H25NO6. The third kappa shape index (κ3) is 4.86. The number of methoxy groups -OCH3 is 1. The summed E-state index contributed by atoms with van der Waals surface area (Å²) in [5, 5.41) is 0.